The Hall–Kier alpha value is -2.57. The summed E-state index contributed by atoms with van der Waals surface area (Å²) in [5.41, 5.74) is 5.70. The van der Waals surface area contributed by atoms with Gasteiger partial charge in [-0.2, -0.15) is 0 Å². The van der Waals surface area contributed by atoms with Crippen molar-refractivity contribution in [2.45, 2.75) is 6.92 Å². The molecule has 0 aliphatic rings. The van der Waals surface area contributed by atoms with Gasteiger partial charge < -0.3 is 15.0 Å². The number of benzene rings is 2. The molecule has 0 bridgehead atoms. The fraction of sp³-hybridized carbons (Fsp3) is 0.286. The van der Waals surface area contributed by atoms with E-state index in [1.807, 2.05) is 14.1 Å². The zero-order valence-corrected chi connectivity index (χ0v) is 16.9. The van der Waals surface area contributed by atoms with E-state index in [0.717, 1.165) is 28.6 Å². The van der Waals surface area contributed by atoms with Gasteiger partial charge in [-0.1, -0.05) is 29.5 Å². The maximum Gasteiger partial charge on any atom is 0.197 e. The van der Waals surface area contributed by atoms with Crippen LogP contribution in [0.3, 0.4) is 0 Å². The van der Waals surface area contributed by atoms with Crippen LogP contribution in [0, 0.1) is 6.92 Å². The Kier molecular flexibility index (Phi) is 4.76. The molecule has 5 nitrogen and oxygen atoms in total. The van der Waals surface area contributed by atoms with Crippen LogP contribution in [-0.4, -0.2) is 43.7 Å². The van der Waals surface area contributed by atoms with E-state index >= 15 is 0 Å². The van der Waals surface area contributed by atoms with Crippen molar-refractivity contribution in [3.63, 3.8) is 0 Å². The molecular formula is C21H24N4OS. The first kappa shape index (κ1) is 17.8. The van der Waals surface area contributed by atoms with Gasteiger partial charge in [0, 0.05) is 39.0 Å². The van der Waals surface area contributed by atoms with Crippen molar-refractivity contribution in [1.29, 1.82) is 0 Å². The zero-order valence-electron chi connectivity index (χ0n) is 16.1. The van der Waals surface area contributed by atoms with E-state index in [-0.39, 0.29) is 0 Å². The van der Waals surface area contributed by atoms with Gasteiger partial charge in [-0.05, 0) is 36.8 Å². The Balaban J connectivity index is 1.88. The van der Waals surface area contributed by atoms with E-state index in [4.69, 9.17) is 9.72 Å². The average molecular weight is 381 g/mol. The summed E-state index contributed by atoms with van der Waals surface area (Å²) in [5, 5.41) is 3.54. The van der Waals surface area contributed by atoms with E-state index in [2.05, 4.69) is 64.0 Å². The molecule has 0 amide bonds. The number of methoxy groups -OCH3 is 1. The maximum absolute atomic E-state index is 5.23. The molecule has 2 aromatic heterocycles. The first-order valence-electron chi connectivity index (χ1n) is 9.00. The number of aromatic nitrogens is 2. The minimum atomic E-state index is 0.646. The molecule has 2 aromatic carbocycles. The van der Waals surface area contributed by atoms with Crippen LogP contribution in [0.25, 0.3) is 26.4 Å². The highest BCUT2D eigenvalue weighted by Gasteiger charge is 2.18. The summed E-state index contributed by atoms with van der Waals surface area (Å²) >= 11 is 1.72. The molecule has 0 saturated carbocycles. The normalized spacial score (nSPS) is 11.4. The number of anilines is 2. The van der Waals surface area contributed by atoms with Crippen molar-refractivity contribution in [2.24, 2.45) is 0 Å². The third-order valence-electron chi connectivity index (χ3n) is 4.66. The van der Waals surface area contributed by atoms with Gasteiger partial charge >= 0.3 is 0 Å². The molecule has 1 N–H and O–H groups in total. The molecule has 0 saturated heterocycles. The summed E-state index contributed by atoms with van der Waals surface area (Å²) in [7, 11) is 5.82. The molecule has 2 heterocycles. The van der Waals surface area contributed by atoms with Crippen molar-refractivity contribution in [3.8, 4) is 11.3 Å². The fourth-order valence-electron chi connectivity index (χ4n) is 3.23. The molecule has 0 spiro atoms. The molecule has 6 heteroatoms. The molecule has 0 aliphatic carbocycles. The number of hydrogen-bond acceptors (Lipinski definition) is 5. The highest BCUT2D eigenvalue weighted by atomic mass is 32.1. The Labute approximate surface area is 163 Å². The SMILES string of the molecule is COCCNc1c(-c2ccc(N(C)C)cc2)nc2sc3ccc(C)cc3n12. The second-order valence-corrected chi connectivity index (χ2v) is 7.87. The van der Waals surface area contributed by atoms with Crippen molar-refractivity contribution in [2.75, 3.05) is 44.6 Å². The van der Waals surface area contributed by atoms with Crippen LogP contribution in [0.15, 0.2) is 42.5 Å². The van der Waals surface area contributed by atoms with Crippen molar-refractivity contribution < 1.29 is 4.74 Å². The predicted molar refractivity (Wildman–Crippen MR) is 115 cm³/mol. The molecule has 27 heavy (non-hydrogen) atoms. The van der Waals surface area contributed by atoms with Crippen LogP contribution in [0.1, 0.15) is 5.56 Å². The van der Waals surface area contributed by atoms with Gasteiger partial charge in [-0.25, -0.2) is 4.98 Å². The number of aryl methyl sites for hydroxylation is 1. The number of nitrogens with one attached hydrogen (secondary N) is 1. The zero-order chi connectivity index (χ0) is 19.0. The smallest absolute Gasteiger partial charge is 0.197 e. The Morgan fingerprint density at radius 1 is 1.15 bits per heavy atom. The minimum absolute atomic E-state index is 0.646. The molecule has 0 atom stereocenters. The predicted octanol–water partition coefficient (Wildman–Crippen LogP) is 4.65. The second-order valence-electron chi connectivity index (χ2n) is 6.86. The first-order valence-corrected chi connectivity index (χ1v) is 9.82. The molecule has 0 unspecified atom stereocenters. The molecule has 4 rings (SSSR count). The van der Waals surface area contributed by atoms with E-state index in [9.17, 15) is 0 Å². The van der Waals surface area contributed by atoms with Crippen molar-refractivity contribution >= 4 is 38.0 Å². The number of nitrogens with zero attached hydrogens (tertiary/aromatic N) is 3. The Bertz CT molecular complexity index is 1080. The van der Waals surface area contributed by atoms with E-state index in [0.29, 0.717) is 6.61 Å². The summed E-state index contributed by atoms with van der Waals surface area (Å²) in [6.45, 7) is 3.50. The van der Waals surface area contributed by atoms with Crippen LogP contribution in [0.5, 0.6) is 0 Å². The fourth-order valence-corrected chi connectivity index (χ4v) is 4.24. The maximum atomic E-state index is 5.23. The van der Waals surface area contributed by atoms with Gasteiger partial charge in [0.1, 0.15) is 11.5 Å². The lowest BCUT2D eigenvalue weighted by molar-refractivity contribution is 0.210. The number of thiazole rings is 1. The minimum Gasteiger partial charge on any atom is -0.383 e. The summed E-state index contributed by atoms with van der Waals surface area (Å²) in [6, 6.07) is 15.1. The molecule has 140 valence electrons. The van der Waals surface area contributed by atoms with E-state index in [1.165, 1.54) is 21.5 Å². The second kappa shape index (κ2) is 7.21. The lowest BCUT2D eigenvalue weighted by atomic mass is 10.1. The Morgan fingerprint density at radius 2 is 1.93 bits per heavy atom. The van der Waals surface area contributed by atoms with Crippen molar-refractivity contribution in [3.05, 3.63) is 48.0 Å². The van der Waals surface area contributed by atoms with Crippen LogP contribution in [-0.2, 0) is 4.74 Å². The summed E-state index contributed by atoms with van der Waals surface area (Å²) in [4.78, 5) is 8.07. The van der Waals surface area contributed by atoms with E-state index < -0.39 is 0 Å². The monoisotopic (exact) mass is 380 g/mol. The quantitative estimate of drug-likeness (QED) is 0.495. The van der Waals surface area contributed by atoms with Crippen LogP contribution in [0.2, 0.25) is 0 Å². The summed E-state index contributed by atoms with van der Waals surface area (Å²) < 4.78 is 8.71. The number of hydrogen-bond donors (Lipinski definition) is 1. The van der Waals surface area contributed by atoms with Gasteiger partial charge in [-0.15, -0.1) is 0 Å². The highest BCUT2D eigenvalue weighted by molar-refractivity contribution is 7.23. The number of fused-ring (bicyclic) bond motifs is 3. The first-order chi connectivity index (χ1) is 13.1. The van der Waals surface area contributed by atoms with Gasteiger partial charge in [0.25, 0.3) is 0 Å². The van der Waals surface area contributed by atoms with Gasteiger partial charge in [0.2, 0.25) is 0 Å². The van der Waals surface area contributed by atoms with Crippen molar-refractivity contribution in [1.82, 2.24) is 9.38 Å². The molecule has 4 aromatic rings. The average Bonchev–Trinajstić information content (AvgIpc) is 3.18. The summed E-state index contributed by atoms with van der Waals surface area (Å²) in [5.74, 6) is 1.02. The van der Waals surface area contributed by atoms with Gasteiger partial charge in [0.05, 0.1) is 16.8 Å². The van der Waals surface area contributed by atoms with E-state index in [1.54, 1.807) is 18.4 Å². The molecule has 0 fully saturated rings. The molecule has 0 radical (unpaired) electrons. The third-order valence-corrected chi connectivity index (χ3v) is 5.68. The highest BCUT2D eigenvalue weighted by Crippen LogP contribution is 2.36. The number of ether oxygens (including phenoxy) is 1. The number of rotatable bonds is 6. The Morgan fingerprint density at radius 3 is 2.63 bits per heavy atom. The summed E-state index contributed by atoms with van der Waals surface area (Å²) in [6.07, 6.45) is 0. The molecular weight excluding hydrogens is 356 g/mol. The lowest BCUT2D eigenvalue weighted by Gasteiger charge is -2.13. The number of imidazole rings is 1. The molecule has 0 aliphatic heterocycles. The van der Waals surface area contributed by atoms with Crippen LogP contribution in [0.4, 0.5) is 11.5 Å². The van der Waals surface area contributed by atoms with Gasteiger partial charge in [0.15, 0.2) is 4.96 Å². The standard InChI is InChI=1S/C21H24N4OS/c1-14-5-10-18-17(13-14)25-20(22-11-12-26-4)19(23-21(25)27-18)15-6-8-16(9-7-15)24(2)3/h5-10,13,22H,11-12H2,1-4H3. The topological polar surface area (TPSA) is 41.8 Å². The largest absolute Gasteiger partial charge is 0.383 e. The van der Waals surface area contributed by atoms with Crippen LogP contribution < -0.4 is 10.2 Å². The lowest BCUT2D eigenvalue weighted by Crippen LogP contribution is -2.10. The van der Waals surface area contributed by atoms with Gasteiger partial charge in [-0.3, -0.25) is 4.40 Å². The van der Waals surface area contributed by atoms with Crippen LogP contribution >= 0.6 is 11.3 Å². The third kappa shape index (κ3) is 3.26.